The average molecular weight is 208 g/mol. The van der Waals surface area contributed by atoms with Crippen LogP contribution in [0.2, 0.25) is 0 Å². The molecule has 0 saturated carbocycles. The molecule has 0 fully saturated rings. The van der Waals surface area contributed by atoms with Gasteiger partial charge in [0.25, 0.3) is 0 Å². The summed E-state index contributed by atoms with van der Waals surface area (Å²) < 4.78 is 0. The van der Waals surface area contributed by atoms with Crippen LogP contribution in [0.3, 0.4) is 0 Å². The first-order valence-electron chi connectivity index (χ1n) is 5.01. The number of hydrogen-bond donors (Lipinski definition) is 4. The Bertz CT molecular complexity index is 92.3. The maximum Gasteiger partial charge on any atom is 0.0513 e. The van der Waals surface area contributed by atoms with E-state index in [0.29, 0.717) is 12.8 Å². The van der Waals surface area contributed by atoms with Crippen molar-refractivity contribution in [2.24, 2.45) is 5.92 Å². The van der Waals surface area contributed by atoms with Crippen LogP contribution in [0, 0.1) is 5.92 Å². The van der Waals surface area contributed by atoms with E-state index in [1.165, 1.54) is 0 Å². The van der Waals surface area contributed by atoms with Gasteiger partial charge in [0.1, 0.15) is 0 Å². The minimum atomic E-state index is -0.274. The molecule has 0 aliphatic heterocycles. The van der Waals surface area contributed by atoms with E-state index in [-0.39, 0.29) is 31.3 Å². The molecule has 0 aliphatic carbocycles. The molecular formula is C10H24O4. The number of aliphatic hydroxyl groups excluding tert-OH is 4. The molecule has 0 spiro atoms. The van der Waals surface area contributed by atoms with Crippen molar-refractivity contribution in [1.29, 1.82) is 0 Å². The Morgan fingerprint density at radius 1 is 0.786 bits per heavy atom. The zero-order valence-electron chi connectivity index (χ0n) is 9.35. The summed E-state index contributed by atoms with van der Waals surface area (Å²) in [7, 11) is 0. The van der Waals surface area contributed by atoms with Crippen molar-refractivity contribution in [3.8, 4) is 0 Å². The van der Waals surface area contributed by atoms with Gasteiger partial charge in [-0.3, -0.25) is 0 Å². The molecular weight excluding hydrogens is 184 g/mol. The van der Waals surface area contributed by atoms with E-state index in [1.54, 1.807) is 20.8 Å². The van der Waals surface area contributed by atoms with Crippen molar-refractivity contribution >= 4 is 0 Å². The van der Waals surface area contributed by atoms with Gasteiger partial charge in [0, 0.05) is 19.1 Å². The molecule has 4 nitrogen and oxygen atoms in total. The molecule has 0 bridgehead atoms. The monoisotopic (exact) mass is 208 g/mol. The van der Waals surface area contributed by atoms with Crippen LogP contribution in [-0.4, -0.2) is 45.8 Å². The standard InChI is InChI=1S/C6H14O2.C4H10O2/c1-5(7)3-4-6(2)8;1-4(2-5)3-6/h5-8H,3-4H2,1-2H3;4-6H,2-3H2,1H3. The fraction of sp³-hybridized carbons (Fsp3) is 1.00. The van der Waals surface area contributed by atoms with Gasteiger partial charge in [-0.2, -0.15) is 0 Å². The average Bonchev–Trinajstić information content (AvgIpc) is 2.14. The first kappa shape index (κ1) is 16.3. The van der Waals surface area contributed by atoms with Crippen LogP contribution in [-0.2, 0) is 0 Å². The van der Waals surface area contributed by atoms with Gasteiger partial charge in [-0.25, -0.2) is 0 Å². The number of aliphatic hydroxyl groups is 4. The fourth-order valence-electron chi connectivity index (χ4n) is 0.540. The largest absolute Gasteiger partial charge is 0.396 e. The van der Waals surface area contributed by atoms with Crippen molar-refractivity contribution in [2.75, 3.05) is 13.2 Å². The third kappa shape index (κ3) is 17.8. The van der Waals surface area contributed by atoms with E-state index >= 15 is 0 Å². The normalized spacial score (nSPS) is 14.6. The minimum Gasteiger partial charge on any atom is -0.396 e. The minimum absolute atomic E-state index is 0.0463. The van der Waals surface area contributed by atoms with Crippen LogP contribution in [0.5, 0.6) is 0 Å². The molecule has 0 aromatic carbocycles. The zero-order valence-corrected chi connectivity index (χ0v) is 9.35. The quantitative estimate of drug-likeness (QED) is 0.518. The molecule has 14 heavy (non-hydrogen) atoms. The lowest BCUT2D eigenvalue weighted by atomic mass is 10.1. The van der Waals surface area contributed by atoms with Gasteiger partial charge in [0.05, 0.1) is 12.2 Å². The molecule has 4 N–H and O–H groups in total. The first-order valence-corrected chi connectivity index (χ1v) is 5.01. The summed E-state index contributed by atoms with van der Waals surface area (Å²) in [5, 5.41) is 33.7. The van der Waals surface area contributed by atoms with Crippen molar-refractivity contribution in [2.45, 2.75) is 45.8 Å². The van der Waals surface area contributed by atoms with Crippen LogP contribution in [0.15, 0.2) is 0 Å². The van der Waals surface area contributed by atoms with Crippen molar-refractivity contribution in [3.05, 3.63) is 0 Å². The maximum absolute atomic E-state index is 8.69. The zero-order chi connectivity index (χ0) is 11.6. The van der Waals surface area contributed by atoms with E-state index in [2.05, 4.69) is 0 Å². The predicted molar refractivity (Wildman–Crippen MR) is 55.9 cm³/mol. The predicted octanol–water partition coefficient (Wildman–Crippen LogP) is 0.135. The second-order valence-corrected chi connectivity index (χ2v) is 3.75. The SMILES string of the molecule is CC(CO)CO.CC(O)CCC(C)O. The molecule has 88 valence electrons. The molecule has 2 atom stereocenters. The Balaban J connectivity index is 0. The Morgan fingerprint density at radius 3 is 1.14 bits per heavy atom. The van der Waals surface area contributed by atoms with Crippen LogP contribution in [0.25, 0.3) is 0 Å². The topological polar surface area (TPSA) is 80.9 Å². The fourth-order valence-corrected chi connectivity index (χ4v) is 0.540. The molecule has 0 heterocycles. The summed E-state index contributed by atoms with van der Waals surface area (Å²) in [6, 6.07) is 0. The van der Waals surface area contributed by atoms with Crippen LogP contribution in [0.4, 0.5) is 0 Å². The van der Waals surface area contributed by atoms with Gasteiger partial charge in [-0.15, -0.1) is 0 Å². The molecule has 0 aliphatic rings. The molecule has 0 aromatic heterocycles. The maximum atomic E-state index is 8.69. The van der Waals surface area contributed by atoms with E-state index in [0.717, 1.165) is 0 Å². The third-order valence-corrected chi connectivity index (χ3v) is 1.63. The highest BCUT2D eigenvalue weighted by Crippen LogP contribution is 1.98. The molecule has 0 rings (SSSR count). The van der Waals surface area contributed by atoms with Gasteiger partial charge < -0.3 is 20.4 Å². The van der Waals surface area contributed by atoms with Gasteiger partial charge in [0.2, 0.25) is 0 Å². The Kier molecular flexibility index (Phi) is 12.7. The summed E-state index contributed by atoms with van der Waals surface area (Å²) >= 11 is 0. The lowest BCUT2D eigenvalue weighted by Gasteiger charge is -2.04. The molecule has 0 amide bonds. The van der Waals surface area contributed by atoms with Crippen LogP contribution < -0.4 is 0 Å². The Morgan fingerprint density at radius 2 is 1.07 bits per heavy atom. The number of hydrogen-bond acceptors (Lipinski definition) is 4. The Hall–Kier alpha value is -0.160. The van der Waals surface area contributed by atoms with E-state index in [9.17, 15) is 0 Å². The van der Waals surface area contributed by atoms with Gasteiger partial charge in [-0.05, 0) is 26.7 Å². The van der Waals surface area contributed by atoms with Gasteiger partial charge in [0.15, 0.2) is 0 Å². The highest BCUT2D eigenvalue weighted by atomic mass is 16.3. The highest BCUT2D eigenvalue weighted by Gasteiger charge is 1.98. The highest BCUT2D eigenvalue weighted by molar-refractivity contribution is 4.51. The number of rotatable bonds is 5. The summed E-state index contributed by atoms with van der Waals surface area (Å²) in [6.45, 7) is 5.39. The molecule has 0 aromatic rings. The molecule has 0 saturated heterocycles. The summed E-state index contributed by atoms with van der Waals surface area (Å²) in [5.41, 5.74) is 0. The van der Waals surface area contributed by atoms with Crippen LogP contribution in [0.1, 0.15) is 33.6 Å². The Labute approximate surface area is 86.2 Å². The first-order chi connectivity index (χ1) is 6.43. The van der Waals surface area contributed by atoms with E-state index in [1.807, 2.05) is 0 Å². The summed E-state index contributed by atoms with van der Waals surface area (Å²) in [5.74, 6) is 0.0463. The summed E-state index contributed by atoms with van der Waals surface area (Å²) in [4.78, 5) is 0. The molecule has 4 heteroatoms. The van der Waals surface area contributed by atoms with Crippen molar-refractivity contribution in [3.63, 3.8) is 0 Å². The lowest BCUT2D eigenvalue weighted by Crippen LogP contribution is -2.06. The molecule has 0 radical (unpaired) electrons. The second kappa shape index (κ2) is 10.9. The summed E-state index contributed by atoms with van der Waals surface area (Å²) in [6.07, 6.45) is 0.837. The molecule has 2 unspecified atom stereocenters. The van der Waals surface area contributed by atoms with Crippen LogP contribution >= 0.6 is 0 Å². The lowest BCUT2D eigenvalue weighted by molar-refractivity contribution is 0.133. The van der Waals surface area contributed by atoms with Gasteiger partial charge >= 0.3 is 0 Å². The van der Waals surface area contributed by atoms with E-state index < -0.39 is 0 Å². The van der Waals surface area contributed by atoms with Crippen molar-refractivity contribution < 1.29 is 20.4 Å². The van der Waals surface area contributed by atoms with E-state index in [4.69, 9.17) is 20.4 Å². The van der Waals surface area contributed by atoms with Gasteiger partial charge in [-0.1, -0.05) is 6.92 Å². The third-order valence-electron chi connectivity index (χ3n) is 1.63. The second-order valence-electron chi connectivity index (χ2n) is 3.75. The smallest absolute Gasteiger partial charge is 0.0513 e. The van der Waals surface area contributed by atoms with Crippen molar-refractivity contribution in [1.82, 2.24) is 0 Å².